The Hall–Kier alpha value is 0.610. The van der Waals surface area contributed by atoms with E-state index in [0.717, 1.165) is 3.70 Å². The number of pyridine rings is 1. The summed E-state index contributed by atoms with van der Waals surface area (Å²) in [5.74, 6) is 0. The van der Waals surface area contributed by atoms with Crippen LogP contribution in [0.15, 0.2) is 12.3 Å². The molecule has 0 unspecified atom stereocenters. The van der Waals surface area contributed by atoms with Gasteiger partial charge in [0, 0.05) is 9.77 Å². The molecule has 1 rings (SSSR count). The smallest absolute Gasteiger partial charge is 0.105 e. The Kier molecular flexibility index (Phi) is 2.69. The van der Waals surface area contributed by atoms with Crippen molar-refractivity contribution in [3.05, 3.63) is 25.1 Å². The van der Waals surface area contributed by atoms with E-state index in [-0.39, 0.29) is 0 Å². The molecular weight excluding hydrogens is 340 g/mol. The van der Waals surface area contributed by atoms with Gasteiger partial charge in [-0.1, -0.05) is 0 Å². The maximum Gasteiger partial charge on any atom is 0.105 e. The number of hydrogen-bond acceptors (Lipinski definition) is 1. The summed E-state index contributed by atoms with van der Waals surface area (Å²) in [5, 5.41) is 0. The first-order valence-electron chi connectivity index (χ1n) is 2.48. The largest absolute Gasteiger partial charge is 0.250 e. The van der Waals surface area contributed by atoms with Crippen molar-refractivity contribution >= 4 is 45.2 Å². The summed E-state index contributed by atoms with van der Waals surface area (Å²) in [6.45, 7) is 2.08. The van der Waals surface area contributed by atoms with Crippen molar-refractivity contribution in [2.75, 3.05) is 0 Å². The summed E-state index contributed by atoms with van der Waals surface area (Å²) in [5.41, 5.74) is 1.28. The Morgan fingerprint density at radius 2 is 2.11 bits per heavy atom. The van der Waals surface area contributed by atoms with Gasteiger partial charge in [0.25, 0.3) is 0 Å². The van der Waals surface area contributed by atoms with Crippen LogP contribution < -0.4 is 0 Å². The molecule has 0 saturated heterocycles. The molecule has 1 aromatic rings. The van der Waals surface area contributed by atoms with Crippen molar-refractivity contribution < 1.29 is 0 Å². The maximum atomic E-state index is 4.12. The third kappa shape index (κ3) is 1.76. The Morgan fingerprint density at radius 1 is 1.44 bits per heavy atom. The van der Waals surface area contributed by atoms with Crippen LogP contribution in [-0.4, -0.2) is 4.98 Å². The zero-order chi connectivity index (χ0) is 6.85. The standard InChI is InChI=1S/C6H5I2N/c1-4-5(7)2-3-9-6(4)8/h2-3H,1H3. The van der Waals surface area contributed by atoms with Gasteiger partial charge in [-0.2, -0.15) is 0 Å². The van der Waals surface area contributed by atoms with Gasteiger partial charge in [0.15, 0.2) is 0 Å². The fourth-order valence-corrected chi connectivity index (χ4v) is 1.87. The van der Waals surface area contributed by atoms with E-state index < -0.39 is 0 Å². The average Bonchev–Trinajstić information content (AvgIpc) is 1.83. The number of aromatic nitrogens is 1. The maximum absolute atomic E-state index is 4.12. The Balaban J connectivity index is 3.25. The lowest BCUT2D eigenvalue weighted by molar-refractivity contribution is 1.19. The summed E-state index contributed by atoms with van der Waals surface area (Å²) in [7, 11) is 0. The highest BCUT2D eigenvalue weighted by molar-refractivity contribution is 14.1. The molecule has 48 valence electrons. The fourth-order valence-electron chi connectivity index (χ4n) is 0.489. The first kappa shape index (κ1) is 7.71. The lowest BCUT2D eigenvalue weighted by Gasteiger charge is -1.96. The highest BCUT2D eigenvalue weighted by atomic mass is 127. The monoisotopic (exact) mass is 345 g/mol. The highest BCUT2D eigenvalue weighted by Gasteiger charge is 1.96. The van der Waals surface area contributed by atoms with Crippen molar-refractivity contribution in [2.45, 2.75) is 6.92 Å². The van der Waals surface area contributed by atoms with Gasteiger partial charge in [0.1, 0.15) is 3.70 Å². The molecule has 1 nitrogen and oxygen atoms in total. The quantitative estimate of drug-likeness (QED) is 0.521. The topological polar surface area (TPSA) is 12.9 Å². The average molecular weight is 345 g/mol. The lowest BCUT2D eigenvalue weighted by atomic mass is 10.3. The van der Waals surface area contributed by atoms with Crippen LogP contribution in [0.4, 0.5) is 0 Å². The van der Waals surface area contributed by atoms with E-state index in [4.69, 9.17) is 0 Å². The molecule has 0 atom stereocenters. The zero-order valence-corrected chi connectivity index (χ0v) is 9.17. The highest BCUT2D eigenvalue weighted by Crippen LogP contribution is 2.14. The third-order valence-electron chi connectivity index (χ3n) is 1.08. The molecule has 1 heterocycles. The summed E-state index contributed by atoms with van der Waals surface area (Å²) < 4.78 is 2.38. The van der Waals surface area contributed by atoms with E-state index >= 15 is 0 Å². The van der Waals surface area contributed by atoms with E-state index in [1.807, 2.05) is 12.3 Å². The molecule has 0 aliphatic rings. The van der Waals surface area contributed by atoms with Gasteiger partial charge in [0.05, 0.1) is 0 Å². The number of halogens is 2. The van der Waals surface area contributed by atoms with Crippen LogP contribution in [0.1, 0.15) is 5.56 Å². The van der Waals surface area contributed by atoms with E-state index in [1.54, 1.807) is 0 Å². The zero-order valence-electron chi connectivity index (χ0n) is 4.86. The predicted octanol–water partition coefficient (Wildman–Crippen LogP) is 2.60. The minimum absolute atomic E-state index is 1.10. The van der Waals surface area contributed by atoms with Gasteiger partial charge in [-0.25, -0.2) is 4.98 Å². The van der Waals surface area contributed by atoms with E-state index in [2.05, 4.69) is 57.1 Å². The summed E-state index contributed by atoms with van der Waals surface area (Å²) in [4.78, 5) is 4.12. The van der Waals surface area contributed by atoms with Gasteiger partial charge in [-0.05, 0) is 63.7 Å². The molecule has 9 heavy (non-hydrogen) atoms. The normalized spacial score (nSPS) is 9.67. The van der Waals surface area contributed by atoms with Gasteiger partial charge in [0.2, 0.25) is 0 Å². The number of nitrogens with zero attached hydrogens (tertiary/aromatic N) is 1. The molecule has 1 aromatic heterocycles. The molecule has 0 amide bonds. The minimum atomic E-state index is 1.10. The third-order valence-corrected chi connectivity index (χ3v) is 3.33. The van der Waals surface area contributed by atoms with Crippen LogP contribution in [0, 0.1) is 14.2 Å². The molecular formula is C6H5I2N. The Bertz CT molecular complexity index is 202. The number of hydrogen-bond donors (Lipinski definition) is 0. The van der Waals surface area contributed by atoms with Crippen molar-refractivity contribution in [2.24, 2.45) is 0 Å². The fraction of sp³-hybridized carbons (Fsp3) is 0.167. The van der Waals surface area contributed by atoms with E-state index in [1.165, 1.54) is 9.13 Å². The molecule has 0 aliphatic carbocycles. The SMILES string of the molecule is Cc1c(I)ccnc1I. The predicted molar refractivity (Wildman–Crippen MR) is 54.4 cm³/mol. The molecule has 0 spiro atoms. The second kappa shape index (κ2) is 3.14. The molecule has 0 bridgehead atoms. The second-order valence-corrected chi connectivity index (χ2v) is 3.89. The minimum Gasteiger partial charge on any atom is -0.250 e. The van der Waals surface area contributed by atoms with Crippen molar-refractivity contribution in [1.29, 1.82) is 0 Å². The first-order valence-corrected chi connectivity index (χ1v) is 4.64. The lowest BCUT2D eigenvalue weighted by Crippen LogP contribution is -1.87. The van der Waals surface area contributed by atoms with Crippen LogP contribution in [-0.2, 0) is 0 Å². The molecule has 0 fully saturated rings. The second-order valence-electron chi connectivity index (χ2n) is 1.71. The Morgan fingerprint density at radius 3 is 2.56 bits per heavy atom. The molecule has 3 heteroatoms. The molecule has 0 aromatic carbocycles. The van der Waals surface area contributed by atoms with Crippen LogP contribution in [0.5, 0.6) is 0 Å². The molecule has 0 radical (unpaired) electrons. The van der Waals surface area contributed by atoms with Gasteiger partial charge in [-0.3, -0.25) is 0 Å². The van der Waals surface area contributed by atoms with Gasteiger partial charge >= 0.3 is 0 Å². The Labute approximate surface area is 81.5 Å². The first-order chi connectivity index (χ1) is 4.22. The van der Waals surface area contributed by atoms with Crippen LogP contribution in [0.2, 0.25) is 0 Å². The van der Waals surface area contributed by atoms with Gasteiger partial charge in [-0.15, -0.1) is 0 Å². The molecule has 0 N–H and O–H groups in total. The summed E-state index contributed by atoms with van der Waals surface area (Å²) in [6.07, 6.45) is 1.83. The van der Waals surface area contributed by atoms with Crippen LogP contribution in [0.3, 0.4) is 0 Å². The number of rotatable bonds is 0. The van der Waals surface area contributed by atoms with Crippen LogP contribution >= 0.6 is 45.2 Å². The summed E-state index contributed by atoms with van der Waals surface area (Å²) in [6, 6.07) is 2.01. The van der Waals surface area contributed by atoms with E-state index in [0.29, 0.717) is 0 Å². The van der Waals surface area contributed by atoms with Crippen LogP contribution in [0.25, 0.3) is 0 Å². The molecule has 0 aliphatic heterocycles. The van der Waals surface area contributed by atoms with Crippen molar-refractivity contribution in [3.63, 3.8) is 0 Å². The van der Waals surface area contributed by atoms with Crippen molar-refractivity contribution in [3.8, 4) is 0 Å². The molecule has 0 saturated carbocycles. The van der Waals surface area contributed by atoms with Crippen molar-refractivity contribution in [1.82, 2.24) is 4.98 Å². The van der Waals surface area contributed by atoms with E-state index in [9.17, 15) is 0 Å². The summed E-state index contributed by atoms with van der Waals surface area (Å²) >= 11 is 4.54. The van der Waals surface area contributed by atoms with Gasteiger partial charge < -0.3 is 0 Å².